The van der Waals surface area contributed by atoms with Crippen molar-refractivity contribution in [3.8, 4) is 0 Å². The van der Waals surface area contributed by atoms with Gasteiger partial charge in [-0.3, -0.25) is 9.59 Å². The van der Waals surface area contributed by atoms with E-state index in [1.165, 1.54) is 49.3 Å². The van der Waals surface area contributed by atoms with Crippen LogP contribution in [0, 0.1) is 0 Å². The van der Waals surface area contributed by atoms with E-state index in [1.54, 1.807) is 19.1 Å². The minimum atomic E-state index is -3.94. The molecule has 0 aliphatic carbocycles. The van der Waals surface area contributed by atoms with Crippen LogP contribution in [0.1, 0.15) is 12.5 Å². The molecule has 7 nitrogen and oxygen atoms in total. The Morgan fingerprint density at radius 3 is 2.16 bits per heavy atom. The van der Waals surface area contributed by atoms with Gasteiger partial charge in [-0.05, 0) is 48.9 Å². The lowest BCUT2D eigenvalue weighted by Gasteiger charge is -2.30. The molecule has 2 rings (SSSR count). The molecule has 2 aromatic rings. The number of amides is 2. The zero-order valence-electron chi connectivity index (χ0n) is 17.1. The van der Waals surface area contributed by atoms with Gasteiger partial charge in [-0.15, -0.1) is 0 Å². The predicted octanol–water partition coefficient (Wildman–Crippen LogP) is 3.43. The van der Waals surface area contributed by atoms with Crippen molar-refractivity contribution < 1.29 is 18.0 Å². The molecule has 0 bridgehead atoms. The SMILES string of the molecule is CNC(=O)[C@H](C)N(Cc1ccc(Cl)cc1Cl)C(=O)CN(C)S(=O)(=O)c1ccc(Cl)cc1. The summed E-state index contributed by atoms with van der Waals surface area (Å²) < 4.78 is 26.5. The molecule has 0 unspecified atom stereocenters. The number of hydrogen-bond donors (Lipinski definition) is 1. The quantitative estimate of drug-likeness (QED) is 0.594. The van der Waals surface area contributed by atoms with Gasteiger partial charge in [0.1, 0.15) is 6.04 Å². The highest BCUT2D eigenvalue weighted by molar-refractivity contribution is 7.89. The third-order valence-electron chi connectivity index (χ3n) is 4.65. The molecule has 2 aromatic carbocycles. The van der Waals surface area contributed by atoms with Crippen molar-refractivity contribution in [1.82, 2.24) is 14.5 Å². The summed E-state index contributed by atoms with van der Waals surface area (Å²) in [5.41, 5.74) is 0.568. The van der Waals surface area contributed by atoms with Crippen molar-refractivity contribution in [3.05, 3.63) is 63.1 Å². The first-order valence-corrected chi connectivity index (χ1v) is 11.7. The molecule has 0 heterocycles. The number of nitrogens with zero attached hydrogens (tertiary/aromatic N) is 2. The highest BCUT2D eigenvalue weighted by atomic mass is 35.5. The zero-order chi connectivity index (χ0) is 23.3. The fraction of sp³-hybridized carbons (Fsp3) is 0.300. The van der Waals surface area contributed by atoms with Crippen LogP contribution in [0.5, 0.6) is 0 Å². The lowest BCUT2D eigenvalue weighted by molar-refractivity contribution is -0.140. The summed E-state index contributed by atoms with van der Waals surface area (Å²) in [7, 11) is -1.20. The third kappa shape index (κ3) is 6.33. The average molecular weight is 507 g/mol. The minimum absolute atomic E-state index is 0.00107. The van der Waals surface area contributed by atoms with E-state index in [4.69, 9.17) is 34.8 Å². The number of carbonyl (C=O) groups excluding carboxylic acids is 2. The number of sulfonamides is 1. The summed E-state index contributed by atoms with van der Waals surface area (Å²) in [6, 6.07) is 9.55. The van der Waals surface area contributed by atoms with E-state index in [2.05, 4.69) is 5.32 Å². The first-order chi connectivity index (χ1) is 14.5. The standard InChI is InChI=1S/C20H22Cl3N3O4S/c1-13(20(28)24-2)26(11-14-4-5-16(22)10-18(14)23)19(27)12-25(3)31(29,30)17-8-6-15(21)7-9-17/h4-10,13H,11-12H2,1-3H3,(H,24,28)/t13-/m0/s1. The average Bonchev–Trinajstić information content (AvgIpc) is 2.72. The van der Waals surface area contributed by atoms with E-state index in [-0.39, 0.29) is 11.4 Å². The van der Waals surface area contributed by atoms with Crippen molar-refractivity contribution >= 4 is 56.6 Å². The number of halogens is 3. The molecule has 168 valence electrons. The fourth-order valence-electron chi connectivity index (χ4n) is 2.78. The van der Waals surface area contributed by atoms with Gasteiger partial charge >= 0.3 is 0 Å². The van der Waals surface area contributed by atoms with Gasteiger partial charge in [0.15, 0.2) is 0 Å². The molecule has 0 saturated heterocycles. The molecule has 31 heavy (non-hydrogen) atoms. The Balaban J connectivity index is 2.29. The van der Waals surface area contributed by atoms with Gasteiger partial charge in [-0.25, -0.2) is 8.42 Å². The van der Waals surface area contributed by atoms with E-state index < -0.39 is 34.4 Å². The molecular weight excluding hydrogens is 485 g/mol. The van der Waals surface area contributed by atoms with E-state index in [9.17, 15) is 18.0 Å². The van der Waals surface area contributed by atoms with Crippen molar-refractivity contribution in [2.24, 2.45) is 0 Å². The summed E-state index contributed by atoms with van der Waals surface area (Å²) in [6.45, 7) is 1.07. The largest absolute Gasteiger partial charge is 0.357 e. The third-order valence-corrected chi connectivity index (χ3v) is 7.31. The zero-order valence-corrected chi connectivity index (χ0v) is 20.2. The van der Waals surface area contributed by atoms with Crippen LogP contribution >= 0.6 is 34.8 Å². The van der Waals surface area contributed by atoms with E-state index in [1.807, 2.05) is 0 Å². The van der Waals surface area contributed by atoms with Gasteiger partial charge in [-0.2, -0.15) is 4.31 Å². The van der Waals surface area contributed by atoms with Crippen molar-refractivity contribution in [2.45, 2.75) is 24.4 Å². The highest BCUT2D eigenvalue weighted by Gasteiger charge is 2.30. The first-order valence-electron chi connectivity index (χ1n) is 9.14. The normalized spacial score (nSPS) is 12.5. The molecule has 0 fully saturated rings. The Morgan fingerprint density at radius 1 is 1.03 bits per heavy atom. The molecule has 0 aliphatic rings. The molecule has 2 amide bonds. The number of likely N-dealkylation sites (N-methyl/N-ethyl adjacent to an activating group) is 2. The Kier molecular flexibility index (Phi) is 8.73. The van der Waals surface area contributed by atoms with Crippen LogP contribution in [0.25, 0.3) is 0 Å². The second kappa shape index (κ2) is 10.7. The fourth-order valence-corrected chi connectivity index (χ4v) is 4.49. The molecule has 1 atom stereocenters. The van der Waals surface area contributed by atoms with Crippen molar-refractivity contribution in [1.29, 1.82) is 0 Å². The second-order valence-corrected chi connectivity index (χ2v) is 10.1. The summed E-state index contributed by atoms with van der Waals surface area (Å²) in [6.07, 6.45) is 0. The molecular formula is C20H22Cl3N3O4S. The maximum Gasteiger partial charge on any atom is 0.243 e. The number of carbonyl (C=O) groups is 2. The van der Waals surface area contributed by atoms with Gasteiger partial charge in [0.05, 0.1) is 11.4 Å². The van der Waals surface area contributed by atoms with E-state index in [0.717, 1.165) is 4.31 Å². The molecule has 0 radical (unpaired) electrons. The molecule has 0 saturated carbocycles. The van der Waals surface area contributed by atoms with Gasteiger partial charge in [0, 0.05) is 35.7 Å². The first kappa shape index (κ1) is 25.4. The lowest BCUT2D eigenvalue weighted by Crippen LogP contribution is -2.50. The van der Waals surface area contributed by atoms with Gasteiger partial charge in [0.2, 0.25) is 21.8 Å². The Hall–Kier alpha value is -1.84. The Labute approximate surface area is 196 Å². The molecule has 0 aliphatic heterocycles. The van der Waals surface area contributed by atoms with E-state index in [0.29, 0.717) is 20.6 Å². The number of benzene rings is 2. The molecule has 1 N–H and O–H groups in total. The van der Waals surface area contributed by atoms with Crippen molar-refractivity contribution in [2.75, 3.05) is 20.6 Å². The topological polar surface area (TPSA) is 86.8 Å². The van der Waals surface area contributed by atoms with Crippen LogP contribution in [0.3, 0.4) is 0 Å². The van der Waals surface area contributed by atoms with Gasteiger partial charge in [0.25, 0.3) is 0 Å². The summed E-state index contributed by atoms with van der Waals surface area (Å²) in [4.78, 5) is 26.6. The molecule has 0 spiro atoms. The smallest absolute Gasteiger partial charge is 0.243 e. The van der Waals surface area contributed by atoms with Crippen LogP contribution in [0.2, 0.25) is 15.1 Å². The Morgan fingerprint density at radius 2 is 1.61 bits per heavy atom. The minimum Gasteiger partial charge on any atom is -0.357 e. The van der Waals surface area contributed by atoms with Crippen molar-refractivity contribution in [3.63, 3.8) is 0 Å². The predicted molar refractivity (Wildman–Crippen MR) is 122 cm³/mol. The van der Waals surface area contributed by atoms with Gasteiger partial charge < -0.3 is 10.2 Å². The maximum absolute atomic E-state index is 13.1. The monoisotopic (exact) mass is 505 g/mol. The van der Waals surface area contributed by atoms with E-state index >= 15 is 0 Å². The lowest BCUT2D eigenvalue weighted by atomic mass is 10.1. The van der Waals surface area contributed by atoms with Crippen LogP contribution in [-0.4, -0.2) is 56.1 Å². The number of rotatable bonds is 8. The molecule has 11 heteroatoms. The summed E-state index contributed by atoms with van der Waals surface area (Å²) >= 11 is 18.0. The number of hydrogen-bond acceptors (Lipinski definition) is 4. The summed E-state index contributed by atoms with van der Waals surface area (Å²) in [5.74, 6) is -0.969. The van der Waals surface area contributed by atoms with Crippen LogP contribution < -0.4 is 5.32 Å². The Bertz CT molecular complexity index is 1060. The van der Waals surface area contributed by atoms with Crippen LogP contribution in [0.4, 0.5) is 0 Å². The second-order valence-electron chi connectivity index (χ2n) is 6.76. The van der Waals surface area contributed by atoms with Crippen LogP contribution in [0.15, 0.2) is 47.4 Å². The van der Waals surface area contributed by atoms with Crippen LogP contribution in [-0.2, 0) is 26.2 Å². The maximum atomic E-state index is 13.1. The van der Waals surface area contributed by atoms with Gasteiger partial charge in [-0.1, -0.05) is 40.9 Å². The summed E-state index contributed by atoms with van der Waals surface area (Å²) in [5, 5.41) is 3.65. The highest BCUT2D eigenvalue weighted by Crippen LogP contribution is 2.24. The number of nitrogens with one attached hydrogen (secondary N) is 1. The molecule has 0 aromatic heterocycles.